The zero-order valence-electron chi connectivity index (χ0n) is 22.2. The van der Waals surface area contributed by atoms with Crippen LogP contribution in [0, 0.1) is 11.8 Å². The number of H-pyrrole nitrogens is 1. The van der Waals surface area contributed by atoms with Gasteiger partial charge in [0, 0.05) is 43.1 Å². The zero-order chi connectivity index (χ0) is 24.6. The lowest BCUT2D eigenvalue weighted by Gasteiger charge is -2.33. The van der Waals surface area contributed by atoms with Gasteiger partial charge in [0.25, 0.3) is 5.91 Å². The lowest BCUT2D eigenvalue weighted by atomic mass is 9.95. The highest BCUT2D eigenvalue weighted by Gasteiger charge is 2.23. The number of nitrogens with one attached hydrogen (secondary N) is 2. The quantitative estimate of drug-likeness (QED) is 0.482. The number of rotatable bonds is 10. The number of fused-ring (bicyclic) bond motifs is 1. The maximum atomic E-state index is 13.0. The first-order chi connectivity index (χ1) is 17.0. The van der Waals surface area contributed by atoms with Crippen LogP contribution in [-0.4, -0.2) is 72.6 Å². The molecule has 0 bridgehead atoms. The van der Waals surface area contributed by atoms with E-state index in [1.165, 1.54) is 45.3 Å². The summed E-state index contributed by atoms with van der Waals surface area (Å²) in [6.45, 7) is 14.5. The van der Waals surface area contributed by atoms with E-state index in [2.05, 4.69) is 40.9 Å². The van der Waals surface area contributed by atoms with Crippen molar-refractivity contribution in [3.05, 3.63) is 30.0 Å². The number of amides is 1. The van der Waals surface area contributed by atoms with Gasteiger partial charge in [0.15, 0.2) is 0 Å². The van der Waals surface area contributed by atoms with Gasteiger partial charge in [-0.3, -0.25) is 4.79 Å². The van der Waals surface area contributed by atoms with Crippen LogP contribution in [0.2, 0.25) is 0 Å². The summed E-state index contributed by atoms with van der Waals surface area (Å²) in [6.07, 6.45) is 8.57. The summed E-state index contributed by atoms with van der Waals surface area (Å²) in [5.41, 5.74) is 1.57. The molecule has 0 saturated carbocycles. The van der Waals surface area contributed by atoms with E-state index in [0.29, 0.717) is 24.1 Å². The van der Waals surface area contributed by atoms with Crippen molar-refractivity contribution in [1.29, 1.82) is 0 Å². The number of hydrogen-bond acceptors (Lipinski definition) is 4. The Morgan fingerprint density at radius 1 is 1.03 bits per heavy atom. The molecule has 6 heteroatoms. The number of aromatic nitrogens is 1. The van der Waals surface area contributed by atoms with Crippen molar-refractivity contribution >= 4 is 16.8 Å². The van der Waals surface area contributed by atoms with Crippen LogP contribution in [-0.2, 0) is 0 Å². The first-order valence-electron chi connectivity index (χ1n) is 14.0. The highest BCUT2D eigenvalue weighted by atomic mass is 16.5. The van der Waals surface area contributed by atoms with Crippen molar-refractivity contribution in [2.24, 2.45) is 11.8 Å². The smallest absolute Gasteiger partial charge is 0.267 e. The standard InChI is InChI=1S/C29H46N4O2/c1-22(2)23(3)13-20-35-28-10-8-9-26-25(28)21-27(31-26)29(34)30-24-11-16-33(17-12-24)19-18-32-14-6-4-5-7-15-32/h8-10,21-24,31H,4-7,11-20H2,1-3H3,(H,30,34). The van der Waals surface area contributed by atoms with Crippen LogP contribution in [0.25, 0.3) is 10.9 Å². The van der Waals surface area contributed by atoms with Crippen molar-refractivity contribution in [3.63, 3.8) is 0 Å². The van der Waals surface area contributed by atoms with Gasteiger partial charge in [0.2, 0.25) is 0 Å². The van der Waals surface area contributed by atoms with E-state index < -0.39 is 0 Å². The number of likely N-dealkylation sites (tertiary alicyclic amines) is 2. The van der Waals surface area contributed by atoms with Gasteiger partial charge in [-0.15, -0.1) is 0 Å². The van der Waals surface area contributed by atoms with Crippen LogP contribution < -0.4 is 10.1 Å². The van der Waals surface area contributed by atoms with Crippen molar-refractivity contribution in [2.75, 3.05) is 45.9 Å². The average molecular weight is 483 g/mol. The van der Waals surface area contributed by atoms with Gasteiger partial charge in [-0.2, -0.15) is 0 Å². The highest BCUT2D eigenvalue weighted by Crippen LogP contribution is 2.27. The number of carbonyl (C=O) groups is 1. The minimum atomic E-state index is -0.0106. The number of piperidine rings is 1. The molecule has 1 atom stereocenters. The van der Waals surface area contributed by atoms with Crippen LogP contribution in [0.1, 0.15) is 76.2 Å². The first-order valence-corrected chi connectivity index (χ1v) is 14.0. The summed E-state index contributed by atoms with van der Waals surface area (Å²) in [4.78, 5) is 21.5. The summed E-state index contributed by atoms with van der Waals surface area (Å²) in [7, 11) is 0. The van der Waals surface area contributed by atoms with Crippen molar-refractivity contribution < 1.29 is 9.53 Å². The number of aromatic amines is 1. The number of benzene rings is 1. The van der Waals surface area contributed by atoms with E-state index in [1.807, 2.05) is 24.3 Å². The Morgan fingerprint density at radius 3 is 2.40 bits per heavy atom. The maximum absolute atomic E-state index is 13.0. The molecule has 3 heterocycles. The Labute approximate surface area is 211 Å². The molecule has 1 aromatic heterocycles. The highest BCUT2D eigenvalue weighted by molar-refractivity contribution is 5.99. The predicted octanol–water partition coefficient (Wildman–Crippen LogP) is 5.30. The van der Waals surface area contributed by atoms with Crippen LogP contribution >= 0.6 is 0 Å². The van der Waals surface area contributed by atoms with Crippen molar-refractivity contribution in [3.8, 4) is 5.75 Å². The van der Waals surface area contributed by atoms with Crippen LogP contribution in [0.4, 0.5) is 0 Å². The molecule has 6 nitrogen and oxygen atoms in total. The molecule has 2 aromatic rings. The Balaban J connectivity index is 1.24. The zero-order valence-corrected chi connectivity index (χ0v) is 22.2. The minimum Gasteiger partial charge on any atom is -0.493 e. The van der Waals surface area contributed by atoms with Gasteiger partial charge in [-0.05, 0) is 75.2 Å². The van der Waals surface area contributed by atoms with E-state index in [9.17, 15) is 4.79 Å². The van der Waals surface area contributed by atoms with Gasteiger partial charge in [0.1, 0.15) is 11.4 Å². The van der Waals surface area contributed by atoms with Crippen molar-refractivity contribution in [1.82, 2.24) is 20.1 Å². The SMILES string of the molecule is CC(C)C(C)CCOc1cccc2[nH]c(C(=O)NC3CCN(CCN4CCCCCC4)CC3)cc12. The van der Waals surface area contributed by atoms with Gasteiger partial charge in [0.05, 0.1) is 6.61 Å². The molecule has 0 spiro atoms. The number of ether oxygens (including phenoxy) is 1. The summed E-state index contributed by atoms with van der Waals surface area (Å²) >= 11 is 0. The molecular weight excluding hydrogens is 436 g/mol. The fraction of sp³-hybridized carbons (Fsp3) is 0.690. The molecule has 4 rings (SSSR count). The molecule has 1 amide bonds. The molecular formula is C29H46N4O2. The Bertz CT molecular complexity index is 924. The van der Waals surface area contributed by atoms with E-state index >= 15 is 0 Å². The molecule has 1 unspecified atom stereocenters. The number of carbonyl (C=O) groups excluding carboxylic acids is 1. The third-order valence-corrected chi connectivity index (χ3v) is 8.19. The Hall–Kier alpha value is -2.05. The fourth-order valence-electron chi connectivity index (χ4n) is 5.27. The summed E-state index contributed by atoms with van der Waals surface area (Å²) < 4.78 is 6.11. The topological polar surface area (TPSA) is 60.6 Å². The minimum absolute atomic E-state index is 0.0106. The van der Waals surface area contributed by atoms with E-state index in [1.54, 1.807) is 0 Å². The van der Waals surface area contributed by atoms with E-state index in [0.717, 1.165) is 55.5 Å². The number of nitrogens with zero attached hydrogens (tertiary/aromatic N) is 2. The Morgan fingerprint density at radius 2 is 1.71 bits per heavy atom. The lowest BCUT2D eigenvalue weighted by molar-refractivity contribution is 0.0902. The maximum Gasteiger partial charge on any atom is 0.267 e. The van der Waals surface area contributed by atoms with Gasteiger partial charge < -0.3 is 24.8 Å². The molecule has 0 radical (unpaired) electrons. The molecule has 35 heavy (non-hydrogen) atoms. The molecule has 2 saturated heterocycles. The summed E-state index contributed by atoms with van der Waals surface area (Å²) in [6, 6.07) is 8.19. The Kier molecular flexibility index (Phi) is 9.50. The molecule has 194 valence electrons. The molecule has 0 aliphatic carbocycles. The normalized spacial score (nSPS) is 19.7. The predicted molar refractivity (Wildman–Crippen MR) is 144 cm³/mol. The monoisotopic (exact) mass is 482 g/mol. The summed E-state index contributed by atoms with van der Waals surface area (Å²) in [5.74, 6) is 2.13. The van der Waals surface area contributed by atoms with E-state index in [-0.39, 0.29) is 11.9 Å². The third-order valence-electron chi connectivity index (χ3n) is 8.19. The molecule has 1 aromatic carbocycles. The second-order valence-electron chi connectivity index (χ2n) is 11.1. The molecule has 2 aliphatic rings. The van der Waals surface area contributed by atoms with Crippen LogP contribution in [0.5, 0.6) is 5.75 Å². The van der Waals surface area contributed by atoms with E-state index in [4.69, 9.17) is 4.74 Å². The first kappa shape index (κ1) is 26.0. The van der Waals surface area contributed by atoms with Crippen molar-refractivity contribution in [2.45, 2.75) is 71.8 Å². The van der Waals surface area contributed by atoms with Gasteiger partial charge in [-0.25, -0.2) is 0 Å². The molecule has 2 N–H and O–H groups in total. The van der Waals surface area contributed by atoms with Gasteiger partial charge in [-0.1, -0.05) is 39.7 Å². The molecule has 2 fully saturated rings. The summed E-state index contributed by atoms with van der Waals surface area (Å²) in [5, 5.41) is 4.26. The lowest BCUT2D eigenvalue weighted by Crippen LogP contribution is -2.46. The fourth-order valence-corrected chi connectivity index (χ4v) is 5.27. The second kappa shape index (κ2) is 12.8. The largest absolute Gasteiger partial charge is 0.493 e. The molecule has 2 aliphatic heterocycles. The average Bonchev–Trinajstić information content (AvgIpc) is 3.13. The van der Waals surface area contributed by atoms with Crippen LogP contribution in [0.15, 0.2) is 24.3 Å². The third kappa shape index (κ3) is 7.47. The van der Waals surface area contributed by atoms with Crippen LogP contribution in [0.3, 0.4) is 0 Å². The number of hydrogen-bond donors (Lipinski definition) is 2. The second-order valence-corrected chi connectivity index (χ2v) is 11.1. The van der Waals surface area contributed by atoms with Gasteiger partial charge >= 0.3 is 0 Å².